The summed E-state index contributed by atoms with van der Waals surface area (Å²) in [6.45, 7) is 0. The molecule has 0 aliphatic carbocycles. The van der Waals surface area contributed by atoms with Crippen molar-refractivity contribution in [3.05, 3.63) is 34.0 Å². The lowest BCUT2D eigenvalue weighted by atomic mass is 10.5. The van der Waals surface area contributed by atoms with Crippen molar-refractivity contribution in [1.82, 2.24) is 0 Å². The highest BCUT2D eigenvalue weighted by Gasteiger charge is 2.36. The van der Waals surface area contributed by atoms with Gasteiger partial charge in [-0.15, -0.1) is 22.7 Å². The molecule has 0 aromatic carbocycles. The highest BCUT2D eigenvalue weighted by atomic mass is 32.2. The summed E-state index contributed by atoms with van der Waals surface area (Å²) in [6, 6.07) is 3.73. The number of rotatable bonds is 5. The van der Waals surface area contributed by atoms with Crippen molar-refractivity contribution in [1.29, 1.82) is 0 Å². The molecule has 0 bridgehead atoms. The van der Waals surface area contributed by atoms with Crippen LogP contribution in [0, 0.1) is 0 Å². The van der Waals surface area contributed by atoms with Crippen LogP contribution in [0.5, 0.6) is 0 Å². The van der Waals surface area contributed by atoms with Crippen molar-refractivity contribution in [2.45, 2.75) is 15.2 Å². The third-order valence-electron chi connectivity index (χ3n) is 3.64. The number of thioether (sulfide) groups is 2. The first-order chi connectivity index (χ1) is 12.6. The molecule has 8 nitrogen and oxygen atoms in total. The van der Waals surface area contributed by atoms with E-state index in [-0.39, 0.29) is 0 Å². The van der Waals surface area contributed by atoms with Gasteiger partial charge in [0.2, 0.25) is 0 Å². The van der Waals surface area contributed by atoms with Crippen molar-refractivity contribution < 1.29 is 25.9 Å². The van der Waals surface area contributed by atoms with Gasteiger partial charge in [-0.1, -0.05) is 23.5 Å². The van der Waals surface area contributed by atoms with E-state index in [9.17, 15) is 25.9 Å². The average Bonchev–Trinajstić information content (AvgIpc) is 3.24. The van der Waals surface area contributed by atoms with Crippen molar-refractivity contribution in [3.63, 3.8) is 0 Å². The Morgan fingerprint density at radius 1 is 0.963 bits per heavy atom. The topological polar surface area (TPSA) is 115 Å². The fraction of sp³-hybridized carbons (Fsp3) is 0.231. The predicted molar refractivity (Wildman–Crippen MR) is 110 cm³/mol. The zero-order valence-electron chi connectivity index (χ0n) is 13.2. The van der Waals surface area contributed by atoms with Gasteiger partial charge in [-0.3, -0.25) is 9.11 Å². The normalized spacial score (nSPS) is 21.1. The van der Waals surface area contributed by atoms with E-state index in [1.807, 2.05) is 22.9 Å². The largest absolute Gasteiger partial charge is 0.330 e. The van der Waals surface area contributed by atoms with E-state index >= 15 is 0 Å². The predicted octanol–water partition coefficient (Wildman–Crippen LogP) is 3.19. The van der Waals surface area contributed by atoms with E-state index in [1.165, 1.54) is 51.1 Å². The maximum atomic E-state index is 11.5. The van der Waals surface area contributed by atoms with Gasteiger partial charge in [0.1, 0.15) is 21.3 Å². The Balaban J connectivity index is 1.69. The van der Waals surface area contributed by atoms with Gasteiger partial charge in [0.15, 0.2) is 5.88 Å². The third-order valence-corrected chi connectivity index (χ3v) is 9.30. The van der Waals surface area contributed by atoms with E-state index in [0.717, 1.165) is 14.8 Å². The van der Waals surface area contributed by atoms with Gasteiger partial charge in [0.25, 0.3) is 20.2 Å². The molecule has 4 rings (SSSR count). The highest BCUT2D eigenvalue weighted by molar-refractivity contribution is 8.04. The first kappa shape index (κ1) is 19.6. The molecule has 2 aliphatic rings. The molecule has 1 unspecified atom stereocenters. The monoisotopic (exact) mass is 484 g/mol. The average molecular weight is 485 g/mol. The molecule has 2 aliphatic heterocycles. The lowest BCUT2D eigenvalue weighted by molar-refractivity contribution is 0.480. The summed E-state index contributed by atoms with van der Waals surface area (Å²) >= 11 is 5.49. The quantitative estimate of drug-likeness (QED) is 0.613. The molecule has 0 radical (unpaired) electrons. The number of fused-ring (bicyclic) bond motifs is 2. The van der Waals surface area contributed by atoms with E-state index in [0.29, 0.717) is 10.0 Å². The Morgan fingerprint density at radius 2 is 1.59 bits per heavy atom. The first-order valence-electron chi connectivity index (χ1n) is 7.26. The van der Waals surface area contributed by atoms with E-state index < -0.39 is 37.4 Å². The van der Waals surface area contributed by atoms with Gasteiger partial charge in [-0.05, 0) is 29.0 Å². The van der Waals surface area contributed by atoms with Gasteiger partial charge < -0.3 is 9.80 Å². The third kappa shape index (κ3) is 4.17. The van der Waals surface area contributed by atoms with Crippen LogP contribution in [0.4, 0.5) is 10.0 Å². The second-order valence-electron chi connectivity index (χ2n) is 5.62. The molecule has 27 heavy (non-hydrogen) atoms. The van der Waals surface area contributed by atoms with E-state index in [4.69, 9.17) is 0 Å². The summed E-state index contributed by atoms with van der Waals surface area (Å²) in [5.74, 6) is -1.15. The number of hydrogen-bond donors (Lipinski definition) is 2. The standard InChI is InChI=1S/C13H12N2O6S6/c16-26(17,18)6-14-10(24-8-1-3-22-12(8)14)5-11-15(7-27(19,20)21)13-9(25-11)2-4-23-13/h1-5,10H,6-7H2,(H,16,17,18)(H,19,20,21). The first-order valence-corrected chi connectivity index (χ1v) is 13.9. The molecule has 0 fully saturated rings. The minimum absolute atomic E-state index is 0.435. The molecule has 0 spiro atoms. The van der Waals surface area contributed by atoms with Crippen molar-refractivity contribution in [2.24, 2.45) is 0 Å². The maximum Gasteiger partial charge on any atom is 0.283 e. The minimum atomic E-state index is -4.26. The van der Waals surface area contributed by atoms with E-state index in [1.54, 1.807) is 11.0 Å². The summed E-state index contributed by atoms with van der Waals surface area (Å²) in [5, 5.41) is 5.27. The van der Waals surface area contributed by atoms with Crippen molar-refractivity contribution in [2.75, 3.05) is 21.6 Å². The molecule has 2 N–H and O–H groups in total. The highest BCUT2D eigenvalue weighted by Crippen LogP contribution is 2.52. The van der Waals surface area contributed by atoms with Crippen LogP contribution in [0.15, 0.2) is 43.8 Å². The summed E-state index contributed by atoms with van der Waals surface area (Å²) in [6.07, 6.45) is 1.76. The number of hydrogen-bond acceptors (Lipinski definition) is 10. The Morgan fingerprint density at radius 3 is 2.26 bits per heavy atom. The summed E-state index contributed by atoms with van der Waals surface area (Å²) in [7, 11) is -8.50. The second kappa shape index (κ2) is 6.95. The zero-order chi connectivity index (χ0) is 19.4. The molecular weight excluding hydrogens is 473 g/mol. The molecule has 146 valence electrons. The van der Waals surface area contributed by atoms with Gasteiger partial charge in [-0.25, -0.2) is 0 Å². The van der Waals surface area contributed by atoms with Gasteiger partial charge in [0.05, 0.1) is 5.03 Å². The minimum Gasteiger partial charge on any atom is -0.330 e. The molecule has 0 amide bonds. The molecule has 1 atom stereocenters. The van der Waals surface area contributed by atoms with Crippen LogP contribution in [0.3, 0.4) is 0 Å². The van der Waals surface area contributed by atoms with Gasteiger partial charge >= 0.3 is 0 Å². The van der Waals surface area contributed by atoms with Crippen molar-refractivity contribution >= 4 is 76.4 Å². The lowest BCUT2D eigenvalue weighted by Gasteiger charge is -2.24. The summed E-state index contributed by atoms with van der Waals surface area (Å²) in [4.78, 5) is 4.82. The number of thiophene rings is 2. The van der Waals surface area contributed by atoms with Crippen molar-refractivity contribution in [3.8, 4) is 0 Å². The smallest absolute Gasteiger partial charge is 0.283 e. The summed E-state index contributed by atoms with van der Waals surface area (Å²) < 4.78 is 64.4. The van der Waals surface area contributed by atoms with Gasteiger partial charge in [0, 0.05) is 9.79 Å². The molecule has 2 aromatic heterocycles. The van der Waals surface area contributed by atoms with Crippen LogP contribution in [-0.4, -0.2) is 43.1 Å². The number of anilines is 2. The Labute approximate surface area is 172 Å². The molecule has 14 heteroatoms. The Kier molecular flexibility index (Phi) is 5.04. The number of nitrogens with zero attached hydrogens (tertiary/aromatic N) is 2. The van der Waals surface area contributed by atoms with E-state index in [2.05, 4.69) is 0 Å². The van der Waals surface area contributed by atoms with Crippen LogP contribution >= 0.6 is 46.2 Å². The summed E-state index contributed by atoms with van der Waals surface area (Å²) in [5.41, 5.74) is 0. The Bertz CT molecular complexity index is 1120. The van der Waals surface area contributed by atoms with Crippen LogP contribution in [-0.2, 0) is 20.2 Å². The van der Waals surface area contributed by atoms with Gasteiger partial charge in [-0.2, -0.15) is 16.8 Å². The van der Waals surface area contributed by atoms with Crippen LogP contribution in [0.2, 0.25) is 0 Å². The lowest BCUT2D eigenvalue weighted by Crippen LogP contribution is -2.34. The fourth-order valence-electron chi connectivity index (χ4n) is 2.69. The fourth-order valence-corrected chi connectivity index (χ4v) is 9.00. The van der Waals surface area contributed by atoms with Crippen LogP contribution < -0.4 is 9.80 Å². The van der Waals surface area contributed by atoms with Crippen LogP contribution in [0.1, 0.15) is 0 Å². The molecule has 0 saturated heterocycles. The zero-order valence-corrected chi connectivity index (χ0v) is 18.1. The molecular formula is C13H12N2O6S6. The van der Waals surface area contributed by atoms with Crippen LogP contribution in [0.25, 0.3) is 0 Å². The Hall–Kier alpha value is -0.740. The molecule has 0 saturated carbocycles. The maximum absolute atomic E-state index is 11.5. The SMILES string of the molecule is O=S(=O)(O)CN1C(=CC2Sc3ccsc3N2CS(=O)(=O)O)Sc2ccsc21. The molecule has 2 aromatic rings. The second-order valence-corrected chi connectivity index (χ2v) is 12.5. The molecule has 4 heterocycles.